The van der Waals surface area contributed by atoms with Gasteiger partial charge in [0.25, 0.3) is 0 Å². The second-order valence-electron chi connectivity index (χ2n) is 7.12. The molecule has 3 rings (SSSR count). The lowest BCUT2D eigenvalue weighted by atomic mass is 9.79. The van der Waals surface area contributed by atoms with Gasteiger partial charge in [0.05, 0.1) is 6.61 Å². The molecule has 116 valence electrons. The lowest BCUT2D eigenvalue weighted by Crippen LogP contribution is -2.55. The van der Waals surface area contributed by atoms with E-state index < -0.39 is 0 Å². The SMILES string of the molecule is CNC1(CO)CCCC(N2CCCN3CCCC3C2)C1. The number of likely N-dealkylation sites (N-methyl/N-ethyl adjacent to an activating group) is 1. The molecule has 2 aliphatic heterocycles. The molecule has 1 aliphatic carbocycles. The Morgan fingerprint density at radius 1 is 1.05 bits per heavy atom. The Labute approximate surface area is 123 Å². The summed E-state index contributed by atoms with van der Waals surface area (Å²) in [5, 5.41) is 13.2. The highest BCUT2D eigenvalue weighted by atomic mass is 16.3. The molecule has 4 heteroatoms. The second kappa shape index (κ2) is 6.30. The molecule has 4 nitrogen and oxygen atoms in total. The lowest BCUT2D eigenvalue weighted by molar-refractivity contribution is 0.0603. The Hall–Kier alpha value is -0.160. The maximum atomic E-state index is 9.77. The van der Waals surface area contributed by atoms with E-state index in [1.165, 1.54) is 58.3 Å². The van der Waals surface area contributed by atoms with Crippen molar-refractivity contribution in [3.63, 3.8) is 0 Å². The van der Waals surface area contributed by atoms with E-state index in [1.807, 2.05) is 7.05 Å². The Kier molecular flexibility index (Phi) is 4.65. The van der Waals surface area contributed by atoms with E-state index in [-0.39, 0.29) is 12.1 Å². The highest BCUT2D eigenvalue weighted by molar-refractivity contribution is 4.97. The molecule has 0 bridgehead atoms. The zero-order chi connectivity index (χ0) is 14.0. The van der Waals surface area contributed by atoms with E-state index in [0.717, 1.165) is 18.9 Å². The fraction of sp³-hybridized carbons (Fsp3) is 1.00. The van der Waals surface area contributed by atoms with Gasteiger partial charge in [-0.1, -0.05) is 0 Å². The van der Waals surface area contributed by atoms with Crippen LogP contribution in [-0.2, 0) is 0 Å². The standard InChI is InChI=1S/C16H31N3O/c1-17-16(13-20)7-2-5-14(11-16)19-10-4-9-18-8-3-6-15(18)12-19/h14-15,17,20H,2-13H2,1H3. The van der Waals surface area contributed by atoms with Crippen LogP contribution < -0.4 is 5.32 Å². The third-order valence-corrected chi connectivity index (χ3v) is 6.00. The average molecular weight is 281 g/mol. The first kappa shape index (κ1) is 14.8. The van der Waals surface area contributed by atoms with Crippen LogP contribution in [0.25, 0.3) is 0 Å². The first-order valence-corrected chi connectivity index (χ1v) is 8.54. The molecule has 0 radical (unpaired) electrons. The number of fused-ring (bicyclic) bond motifs is 1. The molecule has 3 atom stereocenters. The summed E-state index contributed by atoms with van der Waals surface area (Å²) in [6.45, 7) is 5.41. The fourth-order valence-electron chi connectivity index (χ4n) is 4.66. The van der Waals surface area contributed by atoms with Gasteiger partial charge in [0.2, 0.25) is 0 Å². The van der Waals surface area contributed by atoms with Crippen LogP contribution in [-0.4, -0.2) is 72.4 Å². The summed E-state index contributed by atoms with van der Waals surface area (Å²) in [5.41, 5.74) is -0.0232. The van der Waals surface area contributed by atoms with Gasteiger partial charge in [-0.3, -0.25) is 9.80 Å². The van der Waals surface area contributed by atoms with Gasteiger partial charge in [-0.25, -0.2) is 0 Å². The molecule has 2 heterocycles. The first-order chi connectivity index (χ1) is 9.76. The zero-order valence-corrected chi connectivity index (χ0v) is 13.0. The summed E-state index contributed by atoms with van der Waals surface area (Å²) in [4.78, 5) is 5.46. The Bertz CT molecular complexity index is 319. The molecule has 3 unspecified atom stereocenters. The summed E-state index contributed by atoms with van der Waals surface area (Å²) in [6.07, 6.45) is 8.90. The highest BCUT2D eigenvalue weighted by Crippen LogP contribution is 2.32. The molecule has 0 aromatic carbocycles. The van der Waals surface area contributed by atoms with Crippen molar-refractivity contribution >= 4 is 0 Å². The summed E-state index contributed by atoms with van der Waals surface area (Å²) >= 11 is 0. The lowest BCUT2D eigenvalue weighted by Gasteiger charge is -2.44. The monoisotopic (exact) mass is 281 g/mol. The molecule has 3 fully saturated rings. The van der Waals surface area contributed by atoms with Crippen LogP contribution >= 0.6 is 0 Å². The van der Waals surface area contributed by atoms with Crippen LogP contribution in [0.5, 0.6) is 0 Å². The summed E-state index contributed by atoms with van der Waals surface area (Å²) < 4.78 is 0. The minimum atomic E-state index is -0.0232. The maximum Gasteiger partial charge on any atom is 0.0613 e. The summed E-state index contributed by atoms with van der Waals surface area (Å²) in [6, 6.07) is 1.47. The Morgan fingerprint density at radius 2 is 1.80 bits per heavy atom. The van der Waals surface area contributed by atoms with Gasteiger partial charge in [0.1, 0.15) is 0 Å². The van der Waals surface area contributed by atoms with E-state index in [9.17, 15) is 5.11 Å². The quantitative estimate of drug-likeness (QED) is 0.811. The van der Waals surface area contributed by atoms with Crippen LogP contribution in [0.3, 0.4) is 0 Å². The van der Waals surface area contributed by atoms with E-state index in [4.69, 9.17) is 0 Å². The molecule has 1 saturated carbocycles. The fourth-order valence-corrected chi connectivity index (χ4v) is 4.66. The summed E-state index contributed by atoms with van der Waals surface area (Å²) in [5.74, 6) is 0. The number of rotatable bonds is 3. The molecule has 3 aliphatic rings. The van der Waals surface area contributed by atoms with Crippen molar-refractivity contribution in [2.45, 2.75) is 62.6 Å². The maximum absolute atomic E-state index is 9.77. The van der Waals surface area contributed by atoms with E-state index in [0.29, 0.717) is 6.04 Å². The topological polar surface area (TPSA) is 38.7 Å². The van der Waals surface area contributed by atoms with Crippen LogP contribution in [0.4, 0.5) is 0 Å². The zero-order valence-electron chi connectivity index (χ0n) is 13.0. The van der Waals surface area contributed by atoms with Gasteiger partial charge in [-0.2, -0.15) is 0 Å². The molecule has 20 heavy (non-hydrogen) atoms. The molecular weight excluding hydrogens is 250 g/mol. The van der Waals surface area contributed by atoms with Crippen molar-refractivity contribution in [3.05, 3.63) is 0 Å². The molecule has 0 aromatic rings. The van der Waals surface area contributed by atoms with Gasteiger partial charge >= 0.3 is 0 Å². The van der Waals surface area contributed by atoms with E-state index in [2.05, 4.69) is 15.1 Å². The van der Waals surface area contributed by atoms with Crippen molar-refractivity contribution in [3.8, 4) is 0 Å². The molecule has 0 amide bonds. The van der Waals surface area contributed by atoms with Gasteiger partial charge < -0.3 is 10.4 Å². The smallest absolute Gasteiger partial charge is 0.0613 e. The molecule has 0 spiro atoms. The van der Waals surface area contributed by atoms with Gasteiger partial charge in [-0.15, -0.1) is 0 Å². The number of nitrogens with one attached hydrogen (secondary N) is 1. The van der Waals surface area contributed by atoms with Gasteiger partial charge in [0.15, 0.2) is 0 Å². The summed E-state index contributed by atoms with van der Waals surface area (Å²) in [7, 11) is 2.01. The number of hydrogen-bond acceptors (Lipinski definition) is 4. The van der Waals surface area contributed by atoms with Gasteiger partial charge in [0, 0.05) is 24.2 Å². The van der Waals surface area contributed by atoms with Crippen LogP contribution in [0, 0.1) is 0 Å². The van der Waals surface area contributed by atoms with Crippen molar-refractivity contribution in [1.82, 2.24) is 15.1 Å². The van der Waals surface area contributed by atoms with E-state index >= 15 is 0 Å². The van der Waals surface area contributed by atoms with Gasteiger partial charge in [-0.05, 0) is 71.6 Å². The van der Waals surface area contributed by atoms with E-state index in [1.54, 1.807) is 0 Å². The minimum Gasteiger partial charge on any atom is -0.394 e. The Morgan fingerprint density at radius 3 is 2.60 bits per heavy atom. The first-order valence-electron chi connectivity index (χ1n) is 8.54. The van der Waals surface area contributed by atoms with Crippen molar-refractivity contribution in [1.29, 1.82) is 0 Å². The number of nitrogens with zero attached hydrogens (tertiary/aromatic N) is 2. The normalized spacial score (nSPS) is 40.5. The van der Waals surface area contributed by atoms with Crippen LogP contribution in [0.15, 0.2) is 0 Å². The molecular formula is C16H31N3O. The van der Waals surface area contributed by atoms with Crippen molar-refractivity contribution in [2.75, 3.05) is 39.8 Å². The largest absolute Gasteiger partial charge is 0.394 e. The number of hydrogen-bond donors (Lipinski definition) is 2. The minimum absolute atomic E-state index is 0.0232. The third kappa shape index (κ3) is 2.89. The second-order valence-corrected chi connectivity index (χ2v) is 7.12. The van der Waals surface area contributed by atoms with Crippen molar-refractivity contribution in [2.24, 2.45) is 0 Å². The van der Waals surface area contributed by atoms with Crippen LogP contribution in [0.1, 0.15) is 44.9 Å². The predicted molar refractivity (Wildman–Crippen MR) is 81.9 cm³/mol. The average Bonchev–Trinajstić information content (AvgIpc) is 2.84. The van der Waals surface area contributed by atoms with Crippen molar-refractivity contribution < 1.29 is 5.11 Å². The molecule has 0 aromatic heterocycles. The third-order valence-electron chi connectivity index (χ3n) is 6.00. The number of aliphatic hydroxyl groups is 1. The molecule has 2 N–H and O–H groups in total. The Balaban J connectivity index is 1.65. The molecule has 2 saturated heterocycles. The number of aliphatic hydroxyl groups excluding tert-OH is 1. The predicted octanol–water partition coefficient (Wildman–Crippen LogP) is 1.05. The van der Waals surface area contributed by atoms with Crippen LogP contribution in [0.2, 0.25) is 0 Å². The highest BCUT2D eigenvalue weighted by Gasteiger charge is 2.38.